The van der Waals surface area contributed by atoms with Crippen molar-refractivity contribution in [3.8, 4) is 17.3 Å². The Bertz CT molecular complexity index is 747. The van der Waals surface area contributed by atoms with Gasteiger partial charge in [0.15, 0.2) is 0 Å². The lowest BCUT2D eigenvalue weighted by molar-refractivity contribution is 0.0523. The van der Waals surface area contributed by atoms with Crippen molar-refractivity contribution < 1.29 is 14.3 Å². The van der Waals surface area contributed by atoms with Gasteiger partial charge in [0.05, 0.1) is 18.5 Å². The highest BCUT2D eigenvalue weighted by Crippen LogP contribution is 2.24. The Kier molecular flexibility index (Phi) is 3.86. The molecule has 0 amide bonds. The Morgan fingerprint density at radius 3 is 2.82 bits per heavy atom. The van der Waals surface area contributed by atoms with E-state index in [4.69, 9.17) is 9.47 Å². The number of rotatable bonds is 5. The van der Waals surface area contributed by atoms with Crippen LogP contribution in [0.2, 0.25) is 0 Å². The lowest BCUT2D eigenvalue weighted by Crippen LogP contribution is -2.05. The van der Waals surface area contributed by atoms with E-state index in [1.807, 2.05) is 24.4 Å². The smallest absolute Gasteiger partial charge is 0.345 e. The number of esters is 1. The molecule has 0 aliphatic heterocycles. The van der Waals surface area contributed by atoms with Gasteiger partial charge in [-0.25, -0.2) is 14.6 Å². The van der Waals surface area contributed by atoms with Crippen LogP contribution in [0.25, 0.3) is 5.69 Å². The summed E-state index contributed by atoms with van der Waals surface area (Å²) >= 11 is 0. The number of hydrogen-bond donors (Lipinski definition) is 1. The lowest BCUT2D eigenvalue weighted by Gasteiger charge is -2.07. The molecule has 0 fully saturated rings. The molecule has 0 aliphatic carbocycles. The molecule has 1 N–H and O–H groups in total. The molecule has 22 heavy (non-hydrogen) atoms. The fourth-order valence-electron chi connectivity index (χ4n) is 1.91. The maximum absolute atomic E-state index is 11.8. The highest BCUT2D eigenvalue weighted by Gasteiger charge is 2.16. The third-order valence-electron chi connectivity index (χ3n) is 2.93. The van der Waals surface area contributed by atoms with Crippen molar-refractivity contribution in [2.75, 3.05) is 6.61 Å². The summed E-state index contributed by atoms with van der Waals surface area (Å²) < 4.78 is 12.3. The Morgan fingerprint density at radius 2 is 2.14 bits per heavy atom. The van der Waals surface area contributed by atoms with Crippen LogP contribution in [0.15, 0.2) is 48.9 Å². The Hall–Kier alpha value is -3.09. The summed E-state index contributed by atoms with van der Waals surface area (Å²) in [7, 11) is 0. The van der Waals surface area contributed by atoms with E-state index in [1.54, 1.807) is 29.9 Å². The first-order chi connectivity index (χ1) is 10.8. The normalized spacial score (nSPS) is 10.4. The van der Waals surface area contributed by atoms with Gasteiger partial charge in [-0.2, -0.15) is 10.2 Å². The molecule has 3 aromatic rings. The largest absolute Gasteiger partial charge is 0.462 e. The second-order valence-electron chi connectivity index (χ2n) is 4.38. The maximum atomic E-state index is 11.8. The van der Waals surface area contributed by atoms with Gasteiger partial charge in [-0.3, -0.25) is 0 Å². The number of H-pyrrole nitrogens is 1. The molecule has 1 aromatic carbocycles. The highest BCUT2D eigenvalue weighted by molar-refractivity contribution is 5.91. The van der Waals surface area contributed by atoms with Crippen LogP contribution in [0, 0.1) is 0 Å². The van der Waals surface area contributed by atoms with Crippen molar-refractivity contribution >= 4 is 5.97 Å². The van der Waals surface area contributed by atoms with Crippen molar-refractivity contribution in [2.45, 2.75) is 6.92 Å². The molecule has 0 radical (unpaired) electrons. The van der Waals surface area contributed by atoms with Crippen molar-refractivity contribution in [2.24, 2.45) is 0 Å². The van der Waals surface area contributed by atoms with Gasteiger partial charge in [0.25, 0.3) is 0 Å². The average molecular weight is 298 g/mol. The quantitative estimate of drug-likeness (QED) is 0.732. The van der Waals surface area contributed by atoms with Crippen molar-refractivity contribution in [3.05, 3.63) is 54.5 Å². The molecular formula is C15H14N4O3. The number of aromatic amines is 1. The molecule has 112 valence electrons. The number of nitrogens with one attached hydrogen (secondary N) is 1. The molecule has 0 bridgehead atoms. The third kappa shape index (κ3) is 2.83. The molecular weight excluding hydrogens is 284 g/mol. The fraction of sp³-hybridized carbons (Fsp3) is 0.133. The number of hydrogen-bond acceptors (Lipinski definition) is 5. The van der Waals surface area contributed by atoms with Gasteiger partial charge in [0.1, 0.15) is 11.3 Å². The molecule has 0 saturated carbocycles. The first-order valence-corrected chi connectivity index (χ1v) is 6.76. The molecule has 7 nitrogen and oxygen atoms in total. The van der Waals surface area contributed by atoms with Gasteiger partial charge in [-0.05, 0) is 37.3 Å². The standard InChI is InChI=1S/C15H14N4O3/c1-2-21-15(20)13-10-16-18-14(13)22-12-6-4-11(5-7-12)19-9-3-8-17-19/h3-10H,2H2,1H3,(H,16,18). The summed E-state index contributed by atoms with van der Waals surface area (Å²) in [6.45, 7) is 2.04. The zero-order chi connectivity index (χ0) is 15.4. The van der Waals surface area contributed by atoms with Crippen LogP contribution in [-0.2, 0) is 4.74 Å². The monoisotopic (exact) mass is 298 g/mol. The summed E-state index contributed by atoms with van der Waals surface area (Å²) in [5, 5.41) is 10.6. The minimum absolute atomic E-state index is 0.255. The molecule has 3 rings (SSSR count). The first kappa shape index (κ1) is 13.9. The van der Waals surface area contributed by atoms with E-state index in [2.05, 4.69) is 15.3 Å². The molecule has 0 atom stereocenters. The molecule has 0 saturated heterocycles. The van der Waals surface area contributed by atoms with Crippen molar-refractivity contribution in [3.63, 3.8) is 0 Å². The minimum atomic E-state index is -0.473. The molecule has 7 heteroatoms. The topological polar surface area (TPSA) is 82.0 Å². The second-order valence-corrected chi connectivity index (χ2v) is 4.38. The van der Waals surface area contributed by atoms with E-state index in [-0.39, 0.29) is 11.4 Å². The van der Waals surface area contributed by atoms with Crippen LogP contribution >= 0.6 is 0 Å². The lowest BCUT2D eigenvalue weighted by atomic mass is 10.3. The van der Waals surface area contributed by atoms with Gasteiger partial charge in [0, 0.05) is 12.4 Å². The average Bonchev–Trinajstić information content (AvgIpc) is 3.19. The van der Waals surface area contributed by atoms with Crippen LogP contribution in [0.3, 0.4) is 0 Å². The Labute approximate surface area is 126 Å². The second kappa shape index (κ2) is 6.13. The third-order valence-corrected chi connectivity index (χ3v) is 2.93. The summed E-state index contributed by atoms with van der Waals surface area (Å²) in [5.41, 5.74) is 1.17. The first-order valence-electron chi connectivity index (χ1n) is 6.76. The minimum Gasteiger partial charge on any atom is -0.462 e. The highest BCUT2D eigenvalue weighted by atomic mass is 16.5. The van der Waals surface area contributed by atoms with Gasteiger partial charge in [-0.15, -0.1) is 0 Å². The van der Waals surface area contributed by atoms with E-state index in [9.17, 15) is 4.79 Å². The van der Waals surface area contributed by atoms with E-state index >= 15 is 0 Å². The number of benzene rings is 1. The van der Waals surface area contributed by atoms with Crippen LogP contribution in [0.1, 0.15) is 17.3 Å². The van der Waals surface area contributed by atoms with E-state index in [1.165, 1.54) is 6.20 Å². The van der Waals surface area contributed by atoms with Crippen LogP contribution in [0.5, 0.6) is 11.6 Å². The predicted octanol–water partition coefficient (Wildman–Crippen LogP) is 2.56. The molecule has 2 heterocycles. The molecule has 0 spiro atoms. The van der Waals surface area contributed by atoms with E-state index < -0.39 is 5.97 Å². The SMILES string of the molecule is CCOC(=O)c1cn[nH]c1Oc1ccc(-n2cccn2)cc1. The fourth-order valence-corrected chi connectivity index (χ4v) is 1.91. The van der Waals surface area contributed by atoms with Gasteiger partial charge in [0.2, 0.25) is 5.88 Å². The number of aromatic nitrogens is 4. The van der Waals surface area contributed by atoms with Gasteiger partial charge < -0.3 is 9.47 Å². The van der Waals surface area contributed by atoms with Crippen molar-refractivity contribution in [1.29, 1.82) is 0 Å². The maximum Gasteiger partial charge on any atom is 0.345 e. The van der Waals surface area contributed by atoms with Crippen LogP contribution in [0.4, 0.5) is 0 Å². The molecule has 0 aliphatic rings. The van der Waals surface area contributed by atoms with Crippen molar-refractivity contribution in [1.82, 2.24) is 20.0 Å². The summed E-state index contributed by atoms with van der Waals surface area (Å²) in [6, 6.07) is 9.14. The number of nitrogens with zero attached hydrogens (tertiary/aromatic N) is 3. The molecule has 0 unspecified atom stereocenters. The van der Waals surface area contributed by atoms with E-state index in [0.717, 1.165) is 5.69 Å². The molecule has 2 aromatic heterocycles. The van der Waals surface area contributed by atoms with Crippen LogP contribution < -0.4 is 4.74 Å². The zero-order valence-electron chi connectivity index (χ0n) is 11.9. The number of ether oxygens (including phenoxy) is 2. The zero-order valence-corrected chi connectivity index (χ0v) is 11.9. The van der Waals surface area contributed by atoms with Crippen LogP contribution in [-0.4, -0.2) is 32.6 Å². The Morgan fingerprint density at radius 1 is 1.32 bits per heavy atom. The summed E-state index contributed by atoms with van der Waals surface area (Å²) in [6.07, 6.45) is 4.94. The number of carbonyl (C=O) groups is 1. The van der Waals surface area contributed by atoms with Gasteiger partial charge in [-0.1, -0.05) is 0 Å². The van der Waals surface area contributed by atoms with E-state index in [0.29, 0.717) is 12.4 Å². The summed E-state index contributed by atoms with van der Waals surface area (Å²) in [4.78, 5) is 11.8. The Balaban J connectivity index is 1.77. The summed E-state index contributed by atoms with van der Waals surface area (Å²) in [5.74, 6) is 0.357. The predicted molar refractivity (Wildman–Crippen MR) is 78.2 cm³/mol. The number of carbonyl (C=O) groups excluding carboxylic acids is 1. The van der Waals surface area contributed by atoms with Gasteiger partial charge >= 0.3 is 5.97 Å².